The molecule has 3 rings (SSSR count). The molecule has 2 amide bonds. The topological polar surface area (TPSA) is 91.2 Å². The number of aryl methyl sites for hydroxylation is 2. The predicted octanol–water partition coefficient (Wildman–Crippen LogP) is 2.56. The van der Waals surface area contributed by atoms with Crippen molar-refractivity contribution in [3.05, 3.63) is 35.2 Å². The SMILES string of the molecule is Cc1nn(C)c2nc(N(C)NC(=O)Nc3ccnc(Cl)c3)cc(N(C)C)c12. The summed E-state index contributed by atoms with van der Waals surface area (Å²) in [4.78, 5) is 22.8. The molecule has 0 saturated heterocycles. The van der Waals surface area contributed by atoms with Crippen LogP contribution in [0.2, 0.25) is 5.15 Å². The zero-order chi connectivity index (χ0) is 19.7. The largest absolute Gasteiger partial charge is 0.377 e. The number of pyridine rings is 2. The van der Waals surface area contributed by atoms with Gasteiger partial charge in [0.15, 0.2) is 11.5 Å². The summed E-state index contributed by atoms with van der Waals surface area (Å²) in [5, 5.41) is 9.98. The molecule has 0 bridgehead atoms. The van der Waals surface area contributed by atoms with Crippen LogP contribution in [0, 0.1) is 6.92 Å². The van der Waals surface area contributed by atoms with E-state index in [1.54, 1.807) is 28.9 Å². The third-order valence-electron chi connectivity index (χ3n) is 4.01. The van der Waals surface area contributed by atoms with Crippen molar-refractivity contribution in [2.75, 3.05) is 36.4 Å². The molecule has 0 atom stereocenters. The van der Waals surface area contributed by atoms with E-state index in [4.69, 9.17) is 11.6 Å². The van der Waals surface area contributed by atoms with Gasteiger partial charge in [0.1, 0.15) is 5.15 Å². The van der Waals surface area contributed by atoms with Crippen molar-refractivity contribution >= 4 is 45.9 Å². The summed E-state index contributed by atoms with van der Waals surface area (Å²) in [7, 11) is 7.48. The highest BCUT2D eigenvalue weighted by atomic mass is 35.5. The molecule has 0 aliphatic carbocycles. The number of carbonyl (C=O) groups excluding carboxylic acids is 1. The van der Waals surface area contributed by atoms with Gasteiger partial charge in [0, 0.05) is 46.1 Å². The fraction of sp³-hybridized carbons (Fsp3) is 0.294. The van der Waals surface area contributed by atoms with E-state index in [0.717, 1.165) is 22.4 Å². The molecule has 142 valence electrons. The summed E-state index contributed by atoms with van der Waals surface area (Å²) in [6.45, 7) is 1.95. The second-order valence-electron chi connectivity index (χ2n) is 6.29. The summed E-state index contributed by atoms with van der Waals surface area (Å²) >= 11 is 5.83. The Balaban J connectivity index is 1.86. The van der Waals surface area contributed by atoms with Gasteiger partial charge in [0.25, 0.3) is 0 Å². The van der Waals surface area contributed by atoms with Crippen LogP contribution in [0.5, 0.6) is 0 Å². The second kappa shape index (κ2) is 7.28. The van der Waals surface area contributed by atoms with Crippen molar-refractivity contribution in [2.24, 2.45) is 7.05 Å². The zero-order valence-corrected chi connectivity index (χ0v) is 16.5. The minimum atomic E-state index is -0.422. The van der Waals surface area contributed by atoms with Crippen LogP contribution in [0.25, 0.3) is 11.0 Å². The number of halogens is 1. The van der Waals surface area contributed by atoms with Crippen molar-refractivity contribution in [3.63, 3.8) is 0 Å². The van der Waals surface area contributed by atoms with Crippen LogP contribution >= 0.6 is 11.6 Å². The third-order valence-corrected chi connectivity index (χ3v) is 4.22. The normalized spacial score (nSPS) is 10.7. The maximum atomic E-state index is 12.3. The molecular weight excluding hydrogens is 368 g/mol. The lowest BCUT2D eigenvalue weighted by molar-refractivity contribution is 0.251. The summed E-state index contributed by atoms with van der Waals surface area (Å²) in [6, 6.07) is 4.70. The maximum Gasteiger partial charge on any atom is 0.338 e. The van der Waals surface area contributed by atoms with Crippen LogP contribution in [0.3, 0.4) is 0 Å². The number of urea groups is 1. The number of anilines is 3. The number of nitrogens with one attached hydrogen (secondary N) is 2. The first-order chi connectivity index (χ1) is 12.8. The van der Waals surface area contributed by atoms with E-state index < -0.39 is 6.03 Å². The van der Waals surface area contributed by atoms with E-state index in [2.05, 4.69) is 25.8 Å². The van der Waals surface area contributed by atoms with Crippen LogP contribution < -0.4 is 20.7 Å². The lowest BCUT2D eigenvalue weighted by atomic mass is 10.2. The number of hydrogen-bond donors (Lipinski definition) is 2. The highest BCUT2D eigenvalue weighted by Crippen LogP contribution is 2.30. The molecule has 2 N–H and O–H groups in total. The fourth-order valence-corrected chi connectivity index (χ4v) is 2.96. The fourth-order valence-electron chi connectivity index (χ4n) is 2.78. The molecule has 3 heterocycles. The Bertz CT molecular complexity index is 1000. The summed E-state index contributed by atoms with van der Waals surface area (Å²) < 4.78 is 1.73. The molecule has 3 aromatic heterocycles. The molecule has 3 aromatic rings. The van der Waals surface area contributed by atoms with Crippen molar-refractivity contribution in [3.8, 4) is 0 Å². The minimum Gasteiger partial charge on any atom is -0.377 e. The first-order valence-corrected chi connectivity index (χ1v) is 8.58. The molecule has 0 radical (unpaired) electrons. The first-order valence-electron chi connectivity index (χ1n) is 8.21. The number of nitrogens with zero attached hydrogens (tertiary/aromatic N) is 6. The Morgan fingerprint density at radius 2 is 2.00 bits per heavy atom. The van der Waals surface area contributed by atoms with Crippen LogP contribution in [-0.2, 0) is 7.05 Å². The van der Waals surface area contributed by atoms with Gasteiger partial charge >= 0.3 is 6.03 Å². The van der Waals surface area contributed by atoms with Crippen molar-refractivity contribution in [2.45, 2.75) is 6.92 Å². The van der Waals surface area contributed by atoms with Gasteiger partial charge in [0.2, 0.25) is 0 Å². The molecular formula is C17H21ClN8O. The first kappa shape index (κ1) is 18.7. The number of aromatic nitrogens is 4. The van der Waals surface area contributed by atoms with Gasteiger partial charge in [-0.2, -0.15) is 5.10 Å². The van der Waals surface area contributed by atoms with Crippen molar-refractivity contribution in [1.82, 2.24) is 25.2 Å². The van der Waals surface area contributed by atoms with Gasteiger partial charge in [-0.3, -0.25) is 9.69 Å². The molecule has 0 unspecified atom stereocenters. The van der Waals surface area contributed by atoms with E-state index in [1.807, 2.05) is 39.0 Å². The molecule has 10 heteroatoms. The maximum absolute atomic E-state index is 12.3. The highest BCUT2D eigenvalue weighted by Gasteiger charge is 2.17. The number of amides is 2. The zero-order valence-electron chi connectivity index (χ0n) is 15.8. The monoisotopic (exact) mass is 388 g/mol. The van der Waals surface area contributed by atoms with E-state index >= 15 is 0 Å². The van der Waals surface area contributed by atoms with Gasteiger partial charge in [0.05, 0.1) is 16.8 Å². The summed E-state index contributed by atoms with van der Waals surface area (Å²) in [5.41, 5.74) is 5.88. The predicted molar refractivity (Wildman–Crippen MR) is 107 cm³/mol. The standard InChI is InChI=1S/C17H21ClN8O/c1-10-15-12(24(2)3)9-14(21-16(15)26(5)22-10)25(4)23-17(27)20-11-6-7-19-13(18)8-11/h6-9H,1-5H3,(H2,19,20,23,27). The molecule has 0 aliphatic heterocycles. The molecule has 0 fully saturated rings. The number of fused-ring (bicyclic) bond motifs is 1. The van der Waals surface area contributed by atoms with Gasteiger partial charge in [-0.25, -0.2) is 20.2 Å². The van der Waals surface area contributed by atoms with Crippen LogP contribution in [-0.4, -0.2) is 46.9 Å². The molecule has 27 heavy (non-hydrogen) atoms. The van der Waals surface area contributed by atoms with Crippen molar-refractivity contribution in [1.29, 1.82) is 0 Å². The molecule has 9 nitrogen and oxygen atoms in total. The number of rotatable bonds is 4. The van der Waals surface area contributed by atoms with Gasteiger partial charge in [-0.15, -0.1) is 0 Å². The minimum absolute atomic E-state index is 0.301. The number of carbonyl (C=O) groups is 1. The Morgan fingerprint density at radius 1 is 1.26 bits per heavy atom. The summed E-state index contributed by atoms with van der Waals surface area (Å²) in [5.74, 6) is 0.581. The van der Waals surface area contributed by atoms with Gasteiger partial charge < -0.3 is 10.2 Å². The smallest absolute Gasteiger partial charge is 0.338 e. The van der Waals surface area contributed by atoms with E-state index in [0.29, 0.717) is 16.7 Å². The molecule has 0 saturated carbocycles. The van der Waals surface area contributed by atoms with Crippen LogP contribution in [0.4, 0.5) is 22.0 Å². The van der Waals surface area contributed by atoms with E-state index in [9.17, 15) is 4.79 Å². The van der Waals surface area contributed by atoms with E-state index in [1.165, 1.54) is 6.20 Å². The van der Waals surface area contributed by atoms with Crippen molar-refractivity contribution < 1.29 is 4.79 Å². The van der Waals surface area contributed by atoms with Gasteiger partial charge in [-0.1, -0.05) is 11.6 Å². The summed E-state index contributed by atoms with van der Waals surface area (Å²) in [6.07, 6.45) is 1.52. The molecule has 0 aliphatic rings. The molecule has 0 aromatic carbocycles. The third kappa shape index (κ3) is 3.87. The Kier molecular flexibility index (Phi) is 5.04. The average Bonchev–Trinajstić information content (AvgIpc) is 2.88. The average molecular weight is 389 g/mol. The highest BCUT2D eigenvalue weighted by molar-refractivity contribution is 6.29. The van der Waals surface area contributed by atoms with Gasteiger partial charge in [-0.05, 0) is 19.1 Å². The second-order valence-corrected chi connectivity index (χ2v) is 6.68. The lowest BCUT2D eigenvalue weighted by Crippen LogP contribution is -2.42. The lowest BCUT2D eigenvalue weighted by Gasteiger charge is -2.22. The Hall–Kier alpha value is -3.07. The Labute approximate surface area is 161 Å². The quantitative estimate of drug-likeness (QED) is 0.527. The van der Waals surface area contributed by atoms with Crippen LogP contribution in [0.1, 0.15) is 5.69 Å². The van der Waals surface area contributed by atoms with E-state index in [-0.39, 0.29) is 0 Å². The van der Waals surface area contributed by atoms with Crippen LogP contribution in [0.15, 0.2) is 24.4 Å². The number of hydrazine groups is 1. The Morgan fingerprint density at radius 3 is 2.67 bits per heavy atom. The molecule has 0 spiro atoms. The number of hydrogen-bond acceptors (Lipinski definition) is 6.